The third-order valence-corrected chi connectivity index (χ3v) is 2.84. The van der Waals surface area contributed by atoms with Gasteiger partial charge in [-0.3, -0.25) is 4.99 Å². The molecule has 0 unspecified atom stereocenters. The molecule has 0 amide bonds. The predicted molar refractivity (Wildman–Crippen MR) is 105 cm³/mol. The lowest BCUT2D eigenvalue weighted by molar-refractivity contribution is 0.358. The van der Waals surface area contributed by atoms with Gasteiger partial charge in [0.15, 0.2) is 5.96 Å². The van der Waals surface area contributed by atoms with Crippen LogP contribution in [0, 0.1) is 0 Å². The lowest BCUT2D eigenvalue weighted by Crippen LogP contribution is -2.37. The summed E-state index contributed by atoms with van der Waals surface area (Å²) < 4.78 is 5.64. The van der Waals surface area contributed by atoms with Gasteiger partial charge in [0.2, 0.25) is 0 Å². The fourth-order valence-electron chi connectivity index (χ4n) is 1.78. The van der Waals surface area contributed by atoms with Crippen molar-refractivity contribution in [2.45, 2.75) is 19.9 Å². The molecule has 0 saturated carbocycles. The summed E-state index contributed by atoms with van der Waals surface area (Å²) in [5.74, 6) is 1.66. The smallest absolute Gasteiger partial charge is 0.191 e. The number of rotatable bonds is 8. The molecule has 122 valence electrons. The van der Waals surface area contributed by atoms with Gasteiger partial charge in [-0.05, 0) is 19.4 Å². The highest BCUT2D eigenvalue weighted by Gasteiger charge is 2.03. The van der Waals surface area contributed by atoms with Gasteiger partial charge in [-0.1, -0.05) is 43.0 Å². The topological polar surface area (TPSA) is 45.6 Å². The van der Waals surface area contributed by atoms with Gasteiger partial charge < -0.3 is 15.4 Å². The largest absolute Gasteiger partial charge is 0.489 e. The number of nitrogens with zero attached hydrogens (tertiary/aromatic N) is 1. The molecular weight excluding hydrogens is 389 g/mol. The first-order valence-corrected chi connectivity index (χ1v) is 7.19. The van der Waals surface area contributed by atoms with E-state index in [1.807, 2.05) is 37.3 Å². The molecule has 0 saturated heterocycles. The molecule has 1 aromatic rings. The second kappa shape index (κ2) is 13.2. The van der Waals surface area contributed by atoms with Gasteiger partial charge >= 0.3 is 0 Å². The van der Waals surface area contributed by atoms with Gasteiger partial charge in [0.25, 0.3) is 0 Å². The molecule has 0 radical (unpaired) electrons. The molecule has 22 heavy (non-hydrogen) atoms. The minimum Gasteiger partial charge on any atom is -0.489 e. The normalized spacial score (nSPS) is 10.9. The Bertz CT molecular complexity index is 487. The average molecular weight is 415 g/mol. The summed E-state index contributed by atoms with van der Waals surface area (Å²) in [7, 11) is 1.77. The number of benzene rings is 1. The van der Waals surface area contributed by atoms with Gasteiger partial charge in [-0.25, -0.2) is 0 Å². The summed E-state index contributed by atoms with van der Waals surface area (Å²) in [6.07, 6.45) is 6.89. The minimum atomic E-state index is 0. The first-order chi connectivity index (χ1) is 10.3. The van der Waals surface area contributed by atoms with Crippen molar-refractivity contribution in [2.24, 2.45) is 4.99 Å². The Hall–Kier alpha value is -1.50. The van der Waals surface area contributed by atoms with Crippen LogP contribution in [0.3, 0.4) is 0 Å². The van der Waals surface area contributed by atoms with Crippen molar-refractivity contribution in [2.75, 3.05) is 20.2 Å². The van der Waals surface area contributed by atoms with Crippen LogP contribution in [0.5, 0.6) is 5.75 Å². The van der Waals surface area contributed by atoms with Gasteiger partial charge in [-0.15, -0.1) is 24.0 Å². The lowest BCUT2D eigenvalue weighted by atomic mass is 10.2. The summed E-state index contributed by atoms with van der Waals surface area (Å²) in [4.78, 5) is 4.21. The van der Waals surface area contributed by atoms with Crippen LogP contribution in [-0.2, 0) is 6.54 Å². The van der Waals surface area contributed by atoms with E-state index in [4.69, 9.17) is 4.74 Å². The van der Waals surface area contributed by atoms with Crippen LogP contribution in [0.4, 0.5) is 0 Å². The van der Waals surface area contributed by atoms with Crippen molar-refractivity contribution in [3.05, 3.63) is 54.6 Å². The number of allylic oxidation sites excluding steroid dienone is 1. The van der Waals surface area contributed by atoms with Crippen LogP contribution < -0.4 is 15.4 Å². The predicted octanol–water partition coefficient (Wildman–Crippen LogP) is 3.50. The monoisotopic (exact) mass is 415 g/mol. The standard InChI is InChI=1S/C17H25N3O.HI/c1-4-6-9-12-19-17(18-3)20-14-15-10-7-8-11-16(15)21-13-5-2;/h4-8,10-11H,2,9,12-14H2,1,3H3,(H2,18,19,20);1H/b6-4+;. The van der Waals surface area contributed by atoms with Gasteiger partial charge in [0.05, 0.1) is 0 Å². The van der Waals surface area contributed by atoms with Crippen LogP contribution >= 0.6 is 24.0 Å². The quantitative estimate of drug-likeness (QED) is 0.225. The lowest BCUT2D eigenvalue weighted by Gasteiger charge is -2.14. The summed E-state index contributed by atoms with van der Waals surface area (Å²) >= 11 is 0. The highest BCUT2D eigenvalue weighted by molar-refractivity contribution is 14.0. The highest BCUT2D eigenvalue weighted by atomic mass is 127. The second-order valence-electron chi connectivity index (χ2n) is 4.42. The number of para-hydroxylation sites is 1. The summed E-state index contributed by atoms with van der Waals surface area (Å²) in [6, 6.07) is 7.97. The maximum absolute atomic E-state index is 5.64. The van der Waals surface area contributed by atoms with E-state index in [2.05, 4.69) is 28.3 Å². The van der Waals surface area contributed by atoms with E-state index in [1.165, 1.54) is 0 Å². The van der Waals surface area contributed by atoms with Crippen molar-refractivity contribution in [3.8, 4) is 5.75 Å². The molecule has 0 aliphatic heterocycles. The molecule has 0 aliphatic rings. The maximum Gasteiger partial charge on any atom is 0.191 e. The number of hydrogen-bond acceptors (Lipinski definition) is 2. The Kier molecular flexibility index (Phi) is 12.3. The van der Waals surface area contributed by atoms with E-state index >= 15 is 0 Å². The molecule has 0 fully saturated rings. The third-order valence-electron chi connectivity index (χ3n) is 2.84. The number of halogens is 1. The number of nitrogens with one attached hydrogen (secondary N) is 2. The van der Waals surface area contributed by atoms with E-state index in [1.54, 1.807) is 13.1 Å². The molecule has 0 atom stereocenters. The number of guanidine groups is 1. The van der Waals surface area contributed by atoms with Crippen LogP contribution in [-0.4, -0.2) is 26.2 Å². The Labute approximate surface area is 150 Å². The van der Waals surface area contributed by atoms with Gasteiger partial charge in [0, 0.05) is 25.7 Å². The molecule has 0 bridgehead atoms. The first-order valence-electron chi connectivity index (χ1n) is 7.19. The molecule has 1 aromatic carbocycles. The maximum atomic E-state index is 5.64. The first kappa shape index (κ1) is 20.5. The van der Waals surface area contributed by atoms with Crippen molar-refractivity contribution < 1.29 is 4.74 Å². The van der Waals surface area contributed by atoms with Gasteiger partial charge in [-0.2, -0.15) is 0 Å². The SMILES string of the molecule is C=CCOc1ccccc1CNC(=NC)NCC/C=C/C.I. The van der Waals surface area contributed by atoms with Crippen molar-refractivity contribution in [3.63, 3.8) is 0 Å². The molecule has 5 heteroatoms. The zero-order valence-corrected chi connectivity index (χ0v) is 15.7. The Morgan fingerprint density at radius 3 is 2.77 bits per heavy atom. The highest BCUT2D eigenvalue weighted by Crippen LogP contribution is 2.17. The van der Waals surface area contributed by atoms with E-state index in [0.29, 0.717) is 13.2 Å². The van der Waals surface area contributed by atoms with E-state index in [-0.39, 0.29) is 24.0 Å². The fraction of sp³-hybridized carbons (Fsp3) is 0.353. The molecule has 2 N–H and O–H groups in total. The molecular formula is C17H26IN3O. The summed E-state index contributed by atoms with van der Waals surface area (Å²) in [5, 5.41) is 6.56. The van der Waals surface area contributed by atoms with Crippen molar-refractivity contribution in [1.82, 2.24) is 10.6 Å². The summed E-state index contributed by atoms with van der Waals surface area (Å²) in [6.45, 7) is 7.72. The fourth-order valence-corrected chi connectivity index (χ4v) is 1.78. The van der Waals surface area contributed by atoms with Crippen LogP contribution in [0.2, 0.25) is 0 Å². The van der Waals surface area contributed by atoms with Crippen molar-refractivity contribution >= 4 is 29.9 Å². The Morgan fingerprint density at radius 2 is 2.09 bits per heavy atom. The molecule has 0 heterocycles. The van der Waals surface area contributed by atoms with Crippen LogP contribution in [0.15, 0.2) is 54.1 Å². The minimum absolute atomic E-state index is 0. The van der Waals surface area contributed by atoms with Gasteiger partial charge in [0.1, 0.15) is 12.4 Å². The Morgan fingerprint density at radius 1 is 1.32 bits per heavy atom. The molecule has 4 nitrogen and oxygen atoms in total. The molecule has 0 aromatic heterocycles. The van der Waals surface area contributed by atoms with E-state index in [0.717, 1.165) is 30.2 Å². The zero-order valence-electron chi connectivity index (χ0n) is 13.3. The van der Waals surface area contributed by atoms with Crippen LogP contribution in [0.1, 0.15) is 18.9 Å². The number of hydrogen-bond donors (Lipinski definition) is 2. The second-order valence-corrected chi connectivity index (χ2v) is 4.42. The van der Waals surface area contributed by atoms with E-state index in [9.17, 15) is 0 Å². The number of ether oxygens (including phenoxy) is 1. The Balaban J connectivity index is 0.00000441. The summed E-state index contributed by atoms with van der Waals surface area (Å²) in [5.41, 5.74) is 1.09. The molecule has 0 spiro atoms. The number of aliphatic imine (C=N–C) groups is 1. The zero-order chi connectivity index (χ0) is 15.3. The molecule has 1 rings (SSSR count). The van der Waals surface area contributed by atoms with Crippen molar-refractivity contribution in [1.29, 1.82) is 0 Å². The average Bonchev–Trinajstić information content (AvgIpc) is 2.53. The van der Waals surface area contributed by atoms with E-state index < -0.39 is 0 Å². The van der Waals surface area contributed by atoms with Crippen LogP contribution in [0.25, 0.3) is 0 Å². The third kappa shape index (κ3) is 8.07. The molecule has 0 aliphatic carbocycles.